The Bertz CT molecular complexity index is 928. The highest BCUT2D eigenvalue weighted by Crippen LogP contribution is 2.30. The normalized spacial score (nSPS) is 24.3. The number of benzene rings is 1. The molecule has 6 nitrogen and oxygen atoms in total. The maximum absolute atomic E-state index is 13.2. The second-order valence-corrected chi connectivity index (χ2v) is 8.20. The van der Waals surface area contributed by atoms with Crippen molar-refractivity contribution in [1.29, 1.82) is 0 Å². The molecule has 1 saturated heterocycles. The number of fused-ring (bicyclic) bond motifs is 1. The van der Waals surface area contributed by atoms with Crippen LogP contribution in [-0.4, -0.2) is 48.7 Å². The predicted molar refractivity (Wildman–Crippen MR) is 117 cm³/mol. The summed E-state index contributed by atoms with van der Waals surface area (Å²) in [6.45, 7) is 5.39. The lowest BCUT2D eigenvalue weighted by molar-refractivity contribution is -0.928. The molecule has 4 rings (SSSR count). The Balaban J connectivity index is 1.48. The van der Waals surface area contributed by atoms with E-state index >= 15 is 0 Å². The van der Waals surface area contributed by atoms with Crippen molar-refractivity contribution in [3.63, 3.8) is 0 Å². The van der Waals surface area contributed by atoms with Crippen LogP contribution in [0.4, 0.5) is 5.82 Å². The number of hydrogen-bond donors (Lipinski definition) is 1. The summed E-state index contributed by atoms with van der Waals surface area (Å²) in [6, 6.07) is 13.2. The number of nitrogens with one attached hydrogen (secondary N) is 1. The van der Waals surface area contributed by atoms with Gasteiger partial charge in [-0.1, -0.05) is 24.3 Å². The second-order valence-electron chi connectivity index (χ2n) is 8.20. The molecule has 2 aliphatic rings. The molecule has 1 N–H and O–H groups in total. The summed E-state index contributed by atoms with van der Waals surface area (Å²) >= 11 is 0. The molecule has 0 bridgehead atoms. The summed E-state index contributed by atoms with van der Waals surface area (Å²) in [5, 5.41) is 0. The monoisotopic (exact) mass is 405 g/mol. The van der Waals surface area contributed by atoms with Gasteiger partial charge in [0.25, 0.3) is 5.91 Å². The van der Waals surface area contributed by atoms with E-state index in [1.807, 2.05) is 18.2 Å². The molecule has 0 radical (unpaired) electrons. The number of hydrogen-bond acceptors (Lipinski definition) is 4. The highest BCUT2D eigenvalue weighted by atomic mass is 16.2. The van der Waals surface area contributed by atoms with Crippen LogP contribution < -0.4 is 9.80 Å². The molecule has 1 fully saturated rings. The van der Waals surface area contributed by atoms with Crippen LogP contribution in [0.2, 0.25) is 0 Å². The number of rotatable bonds is 6. The zero-order valence-corrected chi connectivity index (χ0v) is 17.5. The fourth-order valence-corrected chi connectivity index (χ4v) is 4.50. The van der Waals surface area contributed by atoms with E-state index in [4.69, 9.17) is 0 Å². The molecule has 3 heterocycles. The first-order valence-electron chi connectivity index (χ1n) is 10.9. The number of amides is 2. The third-order valence-corrected chi connectivity index (χ3v) is 6.22. The lowest BCUT2D eigenvalue weighted by Crippen LogP contribution is -3.16. The largest absolute Gasteiger partial charge is 0.333 e. The van der Waals surface area contributed by atoms with Crippen molar-refractivity contribution in [2.45, 2.75) is 44.6 Å². The first kappa shape index (κ1) is 20.4. The van der Waals surface area contributed by atoms with Crippen molar-refractivity contribution in [3.05, 3.63) is 59.8 Å². The molecular formula is C24H29N4O2+. The molecule has 156 valence electrons. The van der Waals surface area contributed by atoms with Crippen LogP contribution in [0.1, 0.15) is 54.4 Å². The lowest BCUT2D eigenvalue weighted by Gasteiger charge is -2.30. The number of carbonyl (C=O) groups excluding carboxylic acids is 2. The Labute approximate surface area is 177 Å². The van der Waals surface area contributed by atoms with E-state index < -0.39 is 5.92 Å². The Morgan fingerprint density at radius 1 is 1.17 bits per heavy atom. The molecule has 0 saturated carbocycles. The minimum absolute atomic E-state index is 0.295. The maximum atomic E-state index is 13.2. The van der Waals surface area contributed by atoms with Gasteiger partial charge in [-0.15, -0.1) is 0 Å². The molecule has 6 heteroatoms. The van der Waals surface area contributed by atoms with Crippen LogP contribution in [0, 0.1) is 0 Å². The maximum Gasteiger partial charge on any atom is 0.266 e. The lowest BCUT2D eigenvalue weighted by atomic mass is 9.89. The fourth-order valence-electron chi connectivity index (χ4n) is 4.50. The molecule has 0 aliphatic carbocycles. The summed E-state index contributed by atoms with van der Waals surface area (Å²) in [7, 11) is 0. The van der Waals surface area contributed by atoms with Crippen LogP contribution in [0.5, 0.6) is 0 Å². The van der Waals surface area contributed by atoms with Gasteiger partial charge >= 0.3 is 0 Å². The van der Waals surface area contributed by atoms with Gasteiger partial charge in [0.05, 0.1) is 25.0 Å². The van der Waals surface area contributed by atoms with Crippen LogP contribution in [0.3, 0.4) is 0 Å². The van der Waals surface area contributed by atoms with E-state index in [1.165, 1.54) is 30.7 Å². The first-order valence-corrected chi connectivity index (χ1v) is 10.9. The van der Waals surface area contributed by atoms with E-state index in [9.17, 15) is 9.59 Å². The number of nitrogens with zero attached hydrogens (tertiary/aromatic N) is 3. The summed E-state index contributed by atoms with van der Waals surface area (Å²) in [6.07, 6.45) is 8.28. The second kappa shape index (κ2) is 9.30. The quantitative estimate of drug-likeness (QED) is 0.455. The number of piperidine rings is 1. The van der Waals surface area contributed by atoms with Crippen molar-refractivity contribution >= 4 is 23.8 Å². The first-order chi connectivity index (χ1) is 14.7. The molecular weight excluding hydrogens is 376 g/mol. The van der Waals surface area contributed by atoms with Crippen molar-refractivity contribution in [1.82, 2.24) is 4.98 Å². The molecule has 2 aliphatic heterocycles. The minimum Gasteiger partial charge on any atom is -0.333 e. The van der Waals surface area contributed by atoms with Gasteiger partial charge in [-0.2, -0.15) is 0 Å². The fraction of sp³-hybridized carbons (Fsp3) is 0.417. The van der Waals surface area contributed by atoms with Crippen molar-refractivity contribution in [3.8, 4) is 0 Å². The number of aromatic nitrogens is 1. The van der Waals surface area contributed by atoms with Crippen molar-refractivity contribution in [2.24, 2.45) is 4.99 Å². The summed E-state index contributed by atoms with van der Waals surface area (Å²) in [5.74, 6) is -0.844. The van der Waals surface area contributed by atoms with Gasteiger partial charge < -0.3 is 4.90 Å². The summed E-state index contributed by atoms with van der Waals surface area (Å²) in [4.78, 5) is 37.8. The Hall–Kier alpha value is -2.86. The van der Waals surface area contributed by atoms with Crippen LogP contribution in [-0.2, 0) is 4.79 Å². The zero-order valence-electron chi connectivity index (χ0n) is 17.5. The molecule has 2 aromatic rings. The van der Waals surface area contributed by atoms with E-state index in [0.29, 0.717) is 17.9 Å². The van der Waals surface area contributed by atoms with Crippen molar-refractivity contribution in [2.75, 3.05) is 24.5 Å². The Morgan fingerprint density at radius 3 is 2.80 bits per heavy atom. The van der Waals surface area contributed by atoms with E-state index in [-0.39, 0.29) is 11.8 Å². The smallest absolute Gasteiger partial charge is 0.266 e. The summed E-state index contributed by atoms with van der Waals surface area (Å²) in [5.41, 5.74) is 1.25. The Morgan fingerprint density at radius 2 is 2.00 bits per heavy atom. The molecule has 2 amide bonds. The van der Waals surface area contributed by atoms with E-state index in [2.05, 4.69) is 16.9 Å². The van der Waals surface area contributed by atoms with Crippen molar-refractivity contribution < 1.29 is 14.5 Å². The number of aliphatic imine (C=N–C) groups is 1. The third kappa shape index (κ3) is 4.19. The number of pyridine rings is 1. The predicted octanol–water partition coefficient (Wildman–Crippen LogP) is 2.27. The standard InChI is InChI=1S/C24H28N4O2/c1-18-9-5-7-15-27(18)16-8-13-25-17-21-19-10-2-3-11-20(19)23(29)28(24(21)30)22-12-4-6-14-26-22/h2-4,6,10-12,14,17-18,21H,5,7-9,13,15-16H2,1H3/p+1/t18-,21?/m1/s1. The summed E-state index contributed by atoms with van der Waals surface area (Å²) < 4.78 is 0. The average molecular weight is 406 g/mol. The van der Waals surface area contributed by atoms with Gasteiger partial charge in [0, 0.05) is 30.9 Å². The van der Waals surface area contributed by atoms with Crippen LogP contribution in [0.25, 0.3) is 0 Å². The average Bonchev–Trinajstić information content (AvgIpc) is 2.77. The molecule has 0 spiro atoms. The highest BCUT2D eigenvalue weighted by molar-refractivity contribution is 6.28. The van der Waals surface area contributed by atoms with Gasteiger partial charge in [-0.05, 0) is 49.9 Å². The number of carbonyl (C=O) groups is 2. The van der Waals surface area contributed by atoms with E-state index in [0.717, 1.165) is 24.6 Å². The van der Waals surface area contributed by atoms with Gasteiger partial charge in [0.2, 0.25) is 5.91 Å². The number of imide groups is 1. The van der Waals surface area contributed by atoms with Gasteiger partial charge in [-0.25, -0.2) is 9.88 Å². The van der Waals surface area contributed by atoms with Gasteiger partial charge in [0.1, 0.15) is 5.82 Å². The zero-order chi connectivity index (χ0) is 20.9. The molecule has 1 aromatic heterocycles. The van der Waals surface area contributed by atoms with Gasteiger partial charge in [0.15, 0.2) is 0 Å². The number of quaternary nitrogens is 1. The number of likely N-dealkylation sites (tertiary alicyclic amines) is 1. The molecule has 3 atom stereocenters. The SMILES string of the molecule is C[C@@H]1CCCC[NH+]1CCCN=CC1C(=O)N(c2ccccn2)C(=O)c2ccccc21. The molecule has 2 unspecified atom stereocenters. The third-order valence-electron chi connectivity index (χ3n) is 6.22. The minimum atomic E-state index is -0.567. The highest BCUT2D eigenvalue weighted by Gasteiger charge is 2.39. The van der Waals surface area contributed by atoms with Crippen LogP contribution in [0.15, 0.2) is 53.7 Å². The van der Waals surface area contributed by atoms with Crippen LogP contribution >= 0.6 is 0 Å². The topological polar surface area (TPSA) is 67.1 Å². The number of anilines is 1. The van der Waals surface area contributed by atoms with E-state index in [1.54, 1.807) is 41.6 Å². The Kier molecular flexibility index (Phi) is 6.33. The molecule has 1 aromatic carbocycles. The molecule has 30 heavy (non-hydrogen) atoms. The van der Waals surface area contributed by atoms with Gasteiger partial charge in [-0.3, -0.25) is 14.6 Å².